The largest absolute Gasteiger partial charge is 0.471 e. The van der Waals surface area contributed by atoms with Gasteiger partial charge in [0.1, 0.15) is 5.60 Å². The summed E-state index contributed by atoms with van der Waals surface area (Å²) < 4.78 is 41.3. The van der Waals surface area contributed by atoms with Gasteiger partial charge in [-0.25, -0.2) is 4.79 Å². The molecule has 0 fully saturated rings. The lowest BCUT2D eigenvalue weighted by atomic mass is 10.1. The van der Waals surface area contributed by atoms with Gasteiger partial charge in [-0.1, -0.05) is 48.5 Å². The number of aryl methyl sites for hydroxylation is 2. The smallest absolute Gasteiger partial charge is 0.444 e. The summed E-state index contributed by atoms with van der Waals surface area (Å²) in [5.74, 6) is -0.224. The molecule has 0 saturated heterocycles. The number of hydrogen-bond donors (Lipinski definition) is 2. The van der Waals surface area contributed by atoms with Crippen molar-refractivity contribution in [1.82, 2.24) is 51.4 Å². The second-order valence-electron chi connectivity index (χ2n) is 9.97. The van der Waals surface area contributed by atoms with E-state index in [4.69, 9.17) is 4.74 Å². The van der Waals surface area contributed by atoms with Crippen LogP contribution in [0.4, 0.5) is 18.0 Å². The molecule has 16 heteroatoms. The van der Waals surface area contributed by atoms with Crippen LogP contribution in [0.1, 0.15) is 43.5 Å². The maximum absolute atomic E-state index is 12.0. The zero-order chi connectivity index (χ0) is 31.6. The fourth-order valence-corrected chi connectivity index (χ4v) is 3.10. The van der Waals surface area contributed by atoms with Crippen molar-refractivity contribution in [2.24, 2.45) is 0 Å². The number of alkyl halides is 3. The summed E-state index contributed by atoms with van der Waals surface area (Å²) in [7, 11) is 0. The lowest BCUT2D eigenvalue weighted by molar-refractivity contribution is -0.173. The number of carbonyl (C=O) groups excluding carboxylic acids is 2. The fraction of sp³-hybridized carbons (Fsp3) is 0.333. The number of alkyl carbamates (subject to hydrolysis) is 1. The molecule has 0 radical (unpaired) electrons. The maximum atomic E-state index is 12.0. The normalized spacial score (nSPS) is 11.2. The van der Waals surface area contributed by atoms with E-state index in [9.17, 15) is 22.8 Å². The Morgan fingerprint density at radius 1 is 0.651 bits per heavy atom. The van der Waals surface area contributed by atoms with E-state index in [1.165, 1.54) is 0 Å². The third kappa shape index (κ3) is 11.0. The van der Waals surface area contributed by atoms with Gasteiger partial charge in [-0.15, -0.1) is 40.8 Å². The number of rotatable bonds is 6. The van der Waals surface area contributed by atoms with E-state index in [0.29, 0.717) is 41.0 Å². The van der Waals surface area contributed by atoms with E-state index >= 15 is 0 Å². The van der Waals surface area contributed by atoms with Crippen LogP contribution in [0.25, 0.3) is 22.8 Å². The molecule has 0 aliphatic heterocycles. The van der Waals surface area contributed by atoms with Crippen molar-refractivity contribution in [3.8, 4) is 22.8 Å². The fourth-order valence-electron chi connectivity index (χ4n) is 3.10. The van der Waals surface area contributed by atoms with Crippen molar-refractivity contribution in [2.75, 3.05) is 0 Å². The first-order valence-electron chi connectivity index (χ1n) is 12.8. The topological polar surface area (TPSA) is 171 Å². The molecule has 4 aromatic rings. The van der Waals surface area contributed by atoms with Crippen LogP contribution >= 0.6 is 0 Å². The summed E-state index contributed by atoms with van der Waals surface area (Å²) in [6.07, 6.45) is -5.32. The highest BCUT2D eigenvalue weighted by Crippen LogP contribution is 2.17. The molecule has 2 heterocycles. The summed E-state index contributed by atoms with van der Waals surface area (Å²) in [5, 5.41) is 35.4. The molecule has 43 heavy (non-hydrogen) atoms. The molecule has 2 aromatic heterocycles. The monoisotopic (exact) mass is 598 g/mol. The molecular weight excluding hydrogens is 569 g/mol. The van der Waals surface area contributed by atoms with Gasteiger partial charge in [-0.05, 0) is 45.7 Å². The van der Waals surface area contributed by atoms with Gasteiger partial charge in [0, 0.05) is 24.2 Å². The third-order valence-corrected chi connectivity index (χ3v) is 5.13. The molecule has 0 bridgehead atoms. The van der Waals surface area contributed by atoms with Crippen LogP contribution in [0.15, 0.2) is 48.5 Å². The zero-order valence-corrected chi connectivity index (χ0v) is 24.0. The van der Waals surface area contributed by atoms with Crippen molar-refractivity contribution in [1.29, 1.82) is 0 Å². The Morgan fingerprint density at radius 2 is 1.02 bits per heavy atom. The molecule has 2 amide bonds. The van der Waals surface area contributed by atoms with Crippen LogP contribution < -0.4 is 10.6 Å². The van der Waals surface area contributed by atoms with E-state index in [0.717, 1.165) is 11.1 Å². The lowest BCUT2D eigenvalue weighted by Gasteiger charge is -2.19. The first kappa shape index (κ1) is 32.4. The highest BCUT2D eigenvalue weighted by Gasteiger charge is 2.38. The number of hydrogen-bond acceptors (Lipinski definition) is 11. The second kappa shape index (κ2) is 14.2. The number of amides is 2. The summed E-state index contributed by atoms with van der Waals surface area (Å²) >= 11 is 0. The molecule has 2 aromatic carbocycles. The SMILES string of the molecule is Cc1nnc(-c2ccc(CNC(=O)C(F)(F)F)cc2)nn1.Cc1nnc(-c2ccc(CNC(=O)OC(C)(C)C)cc2)nn1. The minimum Gasteiger partial charge on any atom is -0.444 e. The number of carbonyl (C=O) groups is 2. The molecule has 0 atom stereocenters. The number of nitrogens with zero attached hydrogens (tertiary/aromatic N) is 8. The number of benzene rings is 2. The Balaban J connectivity index is 0.000000236. The summed E-state index contributed by atoms with van der Waals surface area (Å²) in [4.78, 5) is 22.3. The van der Waals surface area contributed by atoms with E-state index in [1.807, 2.05) is 45.0 Å². The van der Waals surface area contributed by atoms with Gasteiger partial charge in [0.2, 0.25) is 11.6 Å². The summed E-state index contributed by atoms with van der Waals surface area (Å²) in [6.45, 7) is 9.02. The van der Waals surface area contributed by atoms with E-state index in [-0.39, 0.29) is 6.54 Å². The number of nitrogens with one attached hydrogen (secondary N) is 2. The Bertz CT molecular complexity index is 1490. The Hall–Kier alpha value is -5.15. The van der Waals surface area contributed by atoms with Crippen LogP contribution in [0.5, 0.6) is 0 Å². The van der Waals surface area contributed by atoms with Crippen LogP contribution in [0.2, 0.25) is 0 Å². The Labute approximate surface area is 244 Å². The molecule has 0 aliphatic rings. The Kier molecular flexibility index (Phi) is 10.7. The molecule has 0 unspecified atom stereocenters. The van der Waals surface area contributed by atoms with Gasteiger partial charge in [-0.3, -0.25) is 4.79 Å². The third-order valence-electron chi connectivity index (χ3n) is 5.13. The van der Waals surface area contributed by atoms with Crippen LogP contribution in [0.3, 0.4) is 0 Å². The van der Waals surface area contributed by atoms with Gasteiger partial charge in [0.05, 0.1) is 0 Å². The summed E-state index contributed by atoms with van der Waals surface area (Å²) in [5.41, 5.74) is 2.41. The maximum Gasteiger partial charge on any atom is 0.471 e. The van der Waals surface area contributed by atoms with Gasteiger partial charge in [0.15, 0.2) is 11.6 Å². The lowest BCUT2D eigenvalue weighted by Crippen LogP contribution is -2.36. The molecule has 13 nitrogen and oxygen atoms in total. The number of ether oxygens (including phenoxy) is 1. The van der Waals surface area contributed by atoms with E-state index in [2.05, 4.69) is 46.1 Å². The molecule has 0 aliphatic carbocycles. The predicted octanol–water partition coefficient (Wildman–Crippen LogP) is 3.69. The highest BCUT2D eigenvalue weighted by molar-refractivity contribution is 5.81. The van der Waals surface area contributed by atoms with Gasteiger partial charge in [0.25, 0.3) is 0 Å². The standard InChI is InChI=1S/C15H19N5O2.C12H10F3N5O/c1-10-17-19-13(20-18-10)12-7-5-11(6-8-12)9-16-14(21)22-15(2,3)4;1-7-17-19-10(20-18-7)9-4-2-8(3-5-9)6-16-11(21)12(13,14)15/h5-8H,9H2,1-4H3,(H,16,21);2-5H,6H2,1H3,(H,16,21). The Morgan fingerprint density at radius 3 is 1.37 bits per heavy atom. The first-order chi connectivity index (χ1) is 20.2. The molecule has 0 saturated carbocycles. The van der Waals surface area contributed by atoms with Gasteiger partial charge >= 0.3 is 18.2 Å². The molecule has 226 valence electrons. The van der Waals surface area contributed by atoms with Crippen LogP contribution in [-0.4, -0.2) is 64.6 Å². The first-order valence-corrected chi connectivity index (χ1v) is 12.8. The average Bonchev–Trinajstić information content (AvgIpc) is 2.95. The van der Waals surface area contributed by atoms with Crippen molar-refractivity contribution in [2.45, 2.75) is 59.5 Å². The minimum absolute atomic E-state index is 0.218. The highest BCUT2D eigenvalue weighted by atomic mass is 19.4. The van der Waals surface area contributed by atoms with Crippen molar-refractivity contribution in [3.63, 3.8) is 0 Å². The molecule has 4 rings (SSSR count). The quantitative estimate of drug-likeness (QED) is 0.332. The summed E-state index contributed by atoms with van der Waals surface area (Å²) in [6, 6.07) is 13.8. The molecular formula is C27H29F3N10O3. The van der Waals surface area contributed by atoms with Crippen molar-refractivity contribution in [3.05, 3.63) is 71.3 Å². The van der Waals surface area contributed by atoms with Crippen molar-refractivity contribution >= 4 is 12.0 Å². The molecule has 0 spiro atoms. The van der Waals surface area contributed by atoms with Crippen LogP contribution in [-0.2, 0) is 22.6 Å². The van der Waals surface area contributed by atoms with Gasteiger partial charge in [-0.2, -0.15) is 13.2 Å². The van der Waals surface area contributed by atoms with E-state index in [1.54, 1.807) is 43.4 Å². The number of aromatic nitrogens is 8. The zero-order valence-electron chi connectivity index (χ0n) is 24.0. The van der Waals surface area contributed by atoms with Crippen molar-refractivity contribution < 1.29 is 27.5 Å². The van der Waals surface area contributed by atoms with Gasteiger partial charge < -0.3 is 15.4 Å². The van der Waals surface area contributed by atoms with Crippen LogP contribution in [0, 0.1) is 13.8 Å². The predicted molar refractivity (Wildman–Crippen MR) is 147 cm³/mol. The average molecular weight is 599 g/mol. The van der Waals surface area contributed by atoms with E-state index < -0.39 is 23.8 Å². The minimum atomic E-state index is -4.88. The molecule has 2 N–H and O–H groups in total. The second-order valence-corrected chi connectivity index (χ2v) is 9.97. The number of halogens is 3.